The van der Waals surface area contributed by atoms with Crippen molar-refractivity contribution in [1.29, 1.82) is 0 Å². The molecule has 3 nitrogen and oxygen atoms in total. The Morgan fingerprint density at radius 2 is 2.12 bits per heavy atom. The molecule has 3 heteroatoms. The highest BCUT2D eigenvalue weighted by molar-refractivity contribution is 5.94. The van der Waals surface area contributed by atoms with Gasteiger partial charge in [0.15, 0.2) is 0 Å². The molecule has 0 aliphatic heterocycles. The first-order valence-electron chi connectivity index (χ1n) is 5.73. The summed E-state index contributed by atoms with van der Waals surface area (Å²) in [5, 5.41) is 0. The fourth-order valence-corrected chi connectivity index (χ4v) is 2.17. The normalized spacial score (nSPS) is 25.7. The van der Waals surface area contributed by atoms with E-state index in [1.54, 1.807) is 0 Å². The fraction of sp³-hybridized carbons (Fsp3) is 0.357. The van der Waals surface area contributed by atoms with Crippen LogP contribution in [0.25, 0.3) is 0 Å². The quantitative estimate of drug-likeness (QED) is 0.733. The molecule has 0 amide bonds. The zero-order valence-corrected chi connectivity index (χ0v) is 10.8. The van der Waals surface area contributed by atoms with E-state index in [2.05, 4.69) is 43.6 Å². The van der Waals surface area contributed by atoms with Gasteiger partial charge in [0, 0.05) is 17.3 Å². The van der Waals surface area contributed by atoms with Crippen LogP contribution in [0.1, 0.15) is 20.8 Å². The molecule has 0 bridgehead atoms. The van der Waals surface area contributed by atoms with E-state index >= 15 is 0 Å². The minimum atomic E-state index is 0.246. The third-order valence-electron chi connectivity index (χ3n) is 2.84. The van der Waals surface area contributed by atoms with Crippen molar-refractivity contribution in [2.24, 2.45) is 28.3 Å². The summed E-state index contributed by atoms with van der Waals surface area (Å²) in [5.74, 6) is 0.955. The van der Waals surface area contributed by atoms with Crippen LogP contribution in [0.5, 0.6) is 0 Å². The summed E-state index contributed by atoms with van der Waals surface area (Å²) in [6.07, 6.45) is 8.20. The first-order chi connectivity index (χ1) is 7.91. The number of nitrogens with two attached hydrogens (primary N) is 2. The van der Waals surface area contributed by atoms with Gasteiger partial charge in [-0.2, -0.15) is 0 Å². The van der Waals surface area contributed by atoms with E-state index in [1.165, 1.54) is 5.57 Å². The van der Waals surface area contributed by atoms with Gasteiger partial charge in [0.1, 0.15) is 5.82 Å². The molecule has 0 radical (unpaired) electrons. The van der Waals surface area contributed by atoms with E-state index in [4.69, 9.17) is 11.5 Å². The van der Waals surface area contributed by atoms with Gasteiger partial charge in [-0.3, -0.25) is 0 Å². The molecule has 0 saturated heterocycles. The van der Waals surface area contributed by atoms with Crippen LogP contribution in [0.4, 0.5) is 0 Å². The van der Waals surface area contributed by atoms with E-state index in [9.17, 15) is 0 Å². The number of rotatable bonds is 3. The third-order valence-corrected chi connectivity index (χ3v) is 2.84. The van der Waals surface area contributed by atoms with Gasteiger partial charge in [-0.25, -0.2) is 4.99 Å². The summed E-state index contributed by atoms with van der Waals surface area (Å²) in [7, 11) is 0. The van der Waals surface area contributed by atoms with Gasteiger partial charge in [-0.15, -0.1) is 0 Å². The van der Waals surface area contributed by atoms with Crippen LogP contribution < -0.4 is 11.5 Å². The molecule has 1 aliphatic carbocycles. The van der Waals surface area contributed by atoms with Crippen molar-refractivity contribution < 1.29 is 0 Å². The van der Waals surface area contributed by atoms with Crippen LogP contribution >= 0.6 is 0 Å². The minimum Gasteiger partial charge on any atom is -0.401 e. The number of hydrogen-bond acceptors (Lipinski definition) is 3. The maximum Gasteiger partial charge on any atom is 0.116 e. The lowest BCUT2D eigenvalue weighted by atomic mass is 9.81. The third kappa shape index (κ3) is 3.63. The highest BCUT2D eigenvalue weighted by Gasteiger charge is 2.21. The summed E-state index contributed by atoms with van der Waals surface area (Å²) in [4.78, 5) is 4.07. The molecule has 0 aromatic carbocycles. The van der Waals surface area contributed by atoms with Crippen molar-refractivity contribution in [2.75, 3.05) is 0 Å². The number of hydrogen-bond donors (Lipinski definition) is 2. The van der Waals surface area contributed by atoms with E-state index in [1.807, 2.05) is 13.0 Å². The summed E-state index contributed by atoms with van der Waals surface area (Å²) in [6, 6.07) is 0. The maximum absolute atomic E-state index is 6.14. The molecular formula is C14H21N3. The maximum atomic E-state index is 6.14. The van der Waals surface area contributed by atoms with Crippen molar-refractivity contribution >= 4 is 5.71 Å². The van der Waals surface area contributed by atoms with Crippen molar-refractivity contribution in [1.82, 2.24) is 0 Å². The van der Waals surface area contributed by atoms with Crippen LogP contribution in [0.2, 0.25) is 0 Å². The van der Waals surface area contributed by atoms with Crippen LogP contribution in [0, 0.1) is 11.8 Å². The molecule has 17 heavy (non-hydrogen) atoms. The Kier molecular flexibility index (Phi) is 4.32. The number of nitrogens with zero attached hydrogens (tertiary/aromatic N) is 1. The molecule has 1 rings (SSSR count). The van der Waals surface area contributed by atoms with Gasteiger partial charge in [0.2, 0.25) is 0 Å². The largest absolute Gasteiger partial charge is 0.401 e. The van der Waals surface area contributed by atoms with Crippen molar-refractivity contribution in [3.8, 4) is 0 Å². The van der Waals surface area contributed by atoms with E-state index in [0.29, 0.717) is 11.7 Å². The van der Waals surface area contributed by atoms with Crippen molar-refractivity contribution in [3.05, 3.63) is 48.0 Å². The van der Waals surface area contributed by atoms with Gasteiger partial charge in [0.05, 0.1) is 0 Å². The van der Waals surface area contributed by atoms with E-state index in [0.717, 1.165) is 11.4 Å². The van der Waals surface area contributed by atoms with E-state index in [-0.39, 0.29) is 5.92 Å². The van der Waals surface area contributed by atoms with Gasteiger partial charge < -0.3 is 11.5 Å². The summed E-state index contributed by atoms with van der Waals surface area (Å²) in [6.45, 7) is 9.67. The van der Waals surface area contributed by atoms with Crippen molar-refractivity contribution in [3.63, 3.8) is 0 Å². The second kappa shape index (κ2) is 5.53. The Balaban J connectivity index is 2.93. The Bertz CT molecular complexity index is 425. The molecule has 0 aromatic rings. The lowest BCUT2D eigenvalue weighted by Crippen LogP contribution is -2.22. The Morgan fingerprint density at radius 3 is 2.65 bits per heavy atom. The average molecular weight is 231 g/mol. The minimum absolute atomic E-state index is 0.246. The molecule has 0 fully saturated rings. The Labute approximate surface area is 103 Å². The Morgan fingerprint density at radius 1 is 1.47 bits per heavy atom. The first kappa shape index (κ1) is 13.3. The molecule has 1 unspecified atom stereocenters. The molecule has 0 heterocycles. The predicted molar refractivity (Wildman–Crippen MR) is 74.3 cm³/mol. The molecular weight excluding hydrogens is 210 g/mol. The molecule has 92 valence electrons. The zero-order valence-electron chi connectivity index (χ0n) is 10.8. The monoisotopic (exact) mass is 231 g/mol. The molecule has 0 spiro atoms. The summed E-state index contributed by atoms with van der Waals surface area (Å²) < 4.78 is 0. The Hall–Kier alpha value is -1.77. The lowest BCUT2D eigenvalue weighted by Gasteiger charge is -2.25. The van der Waals surface area contributed by atoms with Crippen molar-refractivity contribution in [2.45, 2.75) is 20.8 Å². The fourth-order valence-electron chi connectivity index (χ4n) is 2.17. The SMILES string of the molecule is C=C(N)/N=C(C)\C=C(/N)C1C(C)=CC=C[C@H]1C. The smallest absolute Gasteiger partial charge is 0.116 e. The molecule has 2 atom stereocenters. The van der Waals surface area contributed by atoms with Gasteiger partial charge in [-0.1, -0.05) is 37.3 Å². The topological polar surface area (TPSA) is 64.4 Å². The number of allylic oxidation sites excluding steroid dienone is 5. The second-order valence-electron chi connectivity index (χ2n) is 4.52. The van der Waals surface area contributed by atoms with Gasteiger partial charge in [0.25, 0.3) is 0 Å². The standard InChI is InChI=1S/C14H21N3/c1-9-6-5-7-10(2)14(9)13(16)8-11(3)17-12(4)15/h5-9,14H,4,15-16H2,1-3H3/b13-8-,17-11-/t9-,14?/m1/s1. The zero-order chi connectivity index (χ0) is 13.0. The first-order valence-corrected chi connectivity index (χ1v) is 5.73. The van der Waals surface area contributed by atoms with Crippen LogP contribution in [-0.4, -0.2) is 5.71 Å². The highest BCUT2D eigenvalue weighted by Crippen LogP contribution is 2.29. The van der Waals surface area contributed by atoms with Gasteiger partial charge >= 0.3 is 0 Å². The lowest BCUT2D eigenvalue weighted by molar-refractivity contribution is 0.542. The van der Waals surface area contributed by atoms with E-state index < -0.39 is 0 Å². The summed E-state index contributed by atoms with van der Waals surface area (Å²) >= 11 is 0. The van der Waals surface area contributed by atoms with Crippen LogP contribution in [-0.2, 0) is 0 Å². The molecule has 1 aliphatic rings. The molecule has 4 N–H and O–H groups in total. The second-order valence-corrected chi connectivity index (χ2v) is 4.52. The van der Waals surface area contributed by atoms with Crippen LogP contribution in [0.15, 0.2) is 53.0 Å². The predicted octanol–water partition coefficient (Wildman–Crippen LogP) is 2.49. The molecule has 0 saturated carbocycles. The highest BCUT2D eigenvalue weighted by atomic mass is 14.9. The average Bonchev–Trinajstić information content (AvgIpc) is 2.15. The number of aliphatic imine (C=N–C) groups is 1. The summed E-state index contributed by atoms with van der Waals surface area (Å²) in [5.41, 5.74) is 14.4. The molecule has 0 aromatic heterocycles. The van der Waals surface area contributed by atoms with Gasteiger partial charge in [-0.05, 0) is 25.8 Å². The van der Waals surface area contributed by atoms with Crippen LogP contribution in [0.3, 0.4) is 0 Å².